The van der Waals surface area contributed by atoms with E-state index in [-0.39, 0.29) is 12.3 Å². The van der Waals surface area contributed by atoms with Crippen molar-refractivity contribution in [3.8, 4) is 0 Å². The van der Waals surface area contributed by atoms with E-state index < -0.39 is 16.0 Å². The molecule has 9 heteroatoms. The molecule has 1 aromatic carbocycles. The van der Waals surface area contributed by atoms with Crippen LogP contribution < -0.4 is 10.0 Å². The van der Waals surface area contributed by atoms with Gasteiger partial charge in [-0.05, 0) is 17.7 Å². The molecule has 0 atom stereocenters. The van der Waals surface area contributed by atoms with Crippen LogP contribution in [0.3, 0.4) is 0 Å². The van der Waals surface area contributed by atoms with Crippen LogP contribution in [-0.2, 0) is 40.0 Å². The van der Waals surface area contributed by atoms with Crippen molar-refractivity contribution in [2.45, 2.75) is 25.3 Å². The van der Waals surface area contributed by atoms with Gasteiger partial charge in [-0.15, -0.1) is 11.3 Å². The number of aromatic nitrogens is 1. The van der Waals surface area contributed by atoms with Crippen LogP contribution in [-0.4, -0.2) is 33.0 Å². The molecule has 25 heavy (non-hydrogen) atoms. The minimum atomic E-state index is -3.48. The number of fused-ring (bicyclic) bond motifs is 1. The highest BCUT2D eigenvalue weighted by molar-refractivity contribution is 7.88. The number of hydrogen-bond acceptors (Lipinski definition) is 7. The Labute approximate surface area is 150 Å². The molecule has 0 fully saturated rings. The Bertz CT molecular complexity index is 837. The van der Waals surface area contributed by atoms with Gasteiger partial charge in [0.2, 0.25) is 10.0 Å². The van der Waals surface area contributed by atoms with Gasteiger partial charge in [0.05, 0.1) is 18.4 Å². The first kappa shape index (κ1) is 18.0. The van der Waals surface area contributed by atoms with E-state index in [1.807, 2.05) is 0 Å². The molecule has 3 rings (SSSR count). The molecule has 2 N–H and O–H groups in total. The summed E-state index contributed by atoms with van der Waals surface area (Å²) < 4.78 is 31.8. The van der Waals surface area contributed by atoms with E-state index in [0.29, 0.717) is 10.6 Å². The molecule has 0 saturated carbocycles. The highest BCUT2D eigenvalue weighted by atomic mass is 32.2. The van der Waals surface area contributed by atoms with E-state index >= 15 is 0 Å². The fraction of sp³-hybridized carbons (Fsp3) is 0.375. The number of nitrogens with zero attached hydrogens (tertiary/aromatic N) is 1. The summed E-state index contributed by atoms with van der Waals surface area (Å²) in [5.41, 5.74) is 2.20. The van der Waals surface area contributed by atoms with Crippen LogP contribution in [0.15, 0.2) is 24.3 Å². The topological polar surface area (TPSA) is 97.4 Å². The maximum atomic E-state index is 12.3. The zero-order chi connectivity index (χ0) is 17.9. The van der Waals surface area contributed by atoms with Gasteiger partial charge < -0.3 is 10.1 Å². The number of methoxy groups -OCH3 is 1. The number of benzene rings is 1. The SMILES string of the molecule is COC(=O)c1ccc(CNS(=O)(=O)Cc2nc3c(s2)CNCC3)cc1. The van der Waals surface area contributed by atoms with E-state index in [0.717, 1.165) is 35.6 Å². The Kier molecular flexibility index (Phi) is 5.48. The third-order valence-corrected chi connectivity index (χ3v) is 6.35. The lowest BCUT2D eigenvalue weighted by atomic mass is 10.1. The number of thiazole rings is 1. The molecule has 0 amide bonds. The average molecular weight is 381 g/mol. The quantitative estimate of drug-likeness (QED) is 0.730. The fourth-order valence-electron chi connectivity index (χ4n) is 2.52. The molecule has 0 spiro atoms. The second-order valence-electron chi connectivity index (χ2n) is 5.67. The largest absolute Gasteiger partial charge is 0.465 e. The van der Waals surface area contributed by atoms with Crippen LogP contribution in [0.5, 0.6) is 0 Å². The van der Waals surface area contributed by atoms with Crippen molar-refractivity contribution in [3.05, 3.63) is 51.0 Å². The van der Waals surface area contributed by atoms with Crippen LogP contribution in [0.4, 0.5) is 0 Å². The smallest absolute Gasteiger partial charge is 0.337 e. The maximum absolute atomic E-state index is 12.3. The predicted octanol–water partition coefficient (Wildman–Crippen LogP) is 1.20. The molecular weight excluding hydrogens is 362 g/mol. The van der Waals surface area contributed by atoms with Gasteiger partial charge in [-0.1, -0.05) is 12.1 Å². The molecule has 1 aromatic heterocycles. The molecular formula is C16H19N3O4S2. The van der Waals surface area contributed by atoms with Crippen molar-refractivity contribution in [1.29, 1.82) is 0 Å². The van der Waals surface area contributed by atoms with Gasteiger partial charge in [-0.25, -0.2) is 22.9 Å². The molecule has 0 bridgehead atoms. The number of rotatable bonds is 6. The van der Waals surface area contributed by atoms with Gasteiger partial charge in [0.1, 0.15) is 10.8 Å². The first-order valence-corrected chi connectivity index (χ1v) is 10.3. The maximum Gasteiger partial charge on any atom is 0.337 e. The third-order valence-electron chi connectivity index (χ3n) is 3.83. The fourth-order valence-corrected chi connectivity index (χ4v) is 4.98. The van der Waals surface area contributed by atoms with E-state index in [1.165, 1.54) is 18.4 Å². The molecule has 2 aromatic rings. The van der Waals surface area contributed by atoms with Crippen LogP contribution in [0.1, 0.15) is 31.5 Å². The van der Waals surface area contributed by atoms with Crippen LogP contribution >= 0.6 is 11.3 Å². The van der Waals surface area contributed by atoms with Crippen LogP contribution in [0, 0.1) is 0 Å². The Morgan fingerprint density at radius 3 is 2.80 bits per heavy atom. The standard InChI is InChI=1S/C16H19N3O4S2/c1-23-16(20)12-4-2-11(3-5-12)8-18-25(21,22)10-15-19-13-6-7-17-9-14(13)24-15/h2-5,17-18H,6-10H2,1H3. The lowest BCUT2D eigenvalue weighted by Gasteiger charge is -2.09. The summed E-state index contributed by atoms with van der Waals surface area (Å²) >= 11 is 1.45. The summed E-state index contributed by atoms with van der Waals surface area (Å²) in [4.78, 5) is 16.9. The Balaban J connectivity index is 1.60. The minimum Gasteiger partial charge on any atom is -0.465 e. The third kappa shape index (κ3) is 4.63. The number of ether oxygens (including phenoxy) is 1. The molecule has 134 valence electrons. The molecule has 0 saturated heterocycles. The molecule has 7 nitrogen and oxygen atoms in total. The van der Waals surface area contributed by atoms with Crippen LogP contribution in [0.2, 0.25) is 0 Å². The van der Waals surface area contributed by atoms with E-state index in [4.69, 9.17) is 0 Å². The summed E-state index contributed by atoms with van der Waals surface area (Å²) in [5, 5.41) is 3.87. The molecule has 0 aliphatic carbocycles. The Morgan fingerprint density at radius 2 is 2.12 bits per heavy atom. The van der Waals surface area contributed by atoms with Crippen LogP contribution in [0.25, 0.3) is 0 Å². The average Bonchev–Trinajstić information content (AvgIpc) is 3.01. The lowest BCUT2D eigenvalue weighted by Crippen LogP contribution is -2.24. The first-order valence-electron chi connectivity index (χ1n) is 7.79. The monoisotopic (exact) mass is 381 g/mol. The first-order chi connectivity index (χ1) is 12.0. The van der Waals surface area contributed by atoms with Gasteiger partial charge >= 0.3 is 5.97 Å². The molecule has 0 radical (unpaired) electrons. The number of sulfonamides is 1. The second-order valence-corrected chi connectivity index (χ2v) is 8.65. The summed E-state index contributed by atoms with van der Waals surface area (Å²) in [6.07, 6.45) is 0.839. The van der Waals surface area contributed by atoms with Crippen molar-refractivity contribution in [2.75, 3.05) is 13.7 Å². The predicted molar refractivity (Wildman–Crippen MR) is 94.8 cm³/mol. The highest BCUT2D eigenvalue weighted by Gasteiger charge is 2.19. The van der Waals surface area contributed by atoms with E-state index in [9.17, 15) is 13.2 Å². The number of nitrogens with one attached hydrogen (secondary N) is 2. The van der Waals surface area contributed by atoms with E-state index in [2.05, 4.69) is 19.8 Å². The number of hydrogen-bond donors (Lipinski definition) is 2. The number of esters is 1. The zero-order valence-electron chi connectivity index (χ0n) is 13.7. The molecule has 2 heterocycles. The Morgan fingerprint density at radius 1 is 1.36 bits per heavy atom. The summed E-state index contributed by atoms with van der Waals surface area (Å²) in [5.74, 6) is -0.542. The molecule has 0 unspecified atom stereocenters. The summed E-state index contributed by atoms with van der Waals surface area (Å²) in [6, 6.07) is 6.61. The van der Waals surface area contributed by atoms with Crippen molar-refractivity contribution in [3.63, 3.8) is 0 Å². The van der Waals surface area contributed by atoms with Gasteiger partial charge in [0, 0.05) is 30.9 Å². The Hall–Kier alpha value is -1.81. The molecule has 1 aliphatic heterocycles. The van der Waals surface area contributed by atoms with Gasteiger partial charge in [0.25, 0.3) is 0 Å². The normalized spacial score (nSPS) is 14.1. The molecule has 1 aliphatic rings. The van der Waals surface area contributed by atoms with E-state index in [1.54, 1.807) is 24.3 Å². The minimum absolute atomic E-state index is 0.120. The van der Waals surface area contributed by atoms with Gasteiger partial charge in [-0.2, -0.15) is 0 Å². The van der Waals surface area contributed by atoms with Crippen molar-refractivity contribution in [1.82, 2.24) is 15.0 Å². The summed E-state index contributed by atoms with van der Waals surface area (Å²) in [7, 11) is -2.16. The number of carbonyl (C=O) groups excluding carboxylic acids is 1. The second kappa shape index (κ2) is 7.61. The summed E-state index contributed by atoms with van der Waals surface area (Å²) in [6.45, 7) is 1.80. The zero-order valence-corrected chi connectivity index (χ0v) is 15.4. The van der Waals surface area contributed by atoms with Crippen molar-refractivity contribution in [2.24, 2.45) is 0 Å². The highest BCUT2D eigenvalue weighted by Crippen LogP contribution is 2.22. The van der Waals surface area contributed by atoms with Crippen molar-refractivity contribution < 1.29 is 17.9 Å². The van der Waals surface area contributed by atoms with Crippen molar-refractivity contribution >= 4 is 27.3 Å². The lowest BCUT2D eigenvalue weighted by molar-refractivity contribution is 0.0600. The number of carbonyl (C=O) groups is 1. The van der Waals surface area contributed by atoms with Gasteiger partial charge in [0.15, 0.2) is 0 Å². The van der Waals surface area contributed by atoms with Gasteiger partial charge in [-0.3, -0.25) is 0 Å².